The first-order chi connectivity index (χ1) is 17.3. The Morgan fingerprint density at radius 2 is 1.86 bits per heavy atom. The lowest BCUT2D eigenvalue weighted by Crippen LogP contribution is -2.32. The van der Waals surface area contributed by atoms with Gasteiger partial charge in [0, 0.05) is 35.2 Å². The summed E-state index contributed by atoms with van der Waals surface area (Å²) in [4.78, 5) is 31.4. The summed E-state index contributed by atoms with van der Waals surface area (Å²) < 4.78 is 40.8. The third-order valence-electron chi connectivity index (χ3n) is 5.43. The number of aryl methyl sites for hydroxylation is 1. The minimum absolute atomic E-state index is 0.108. The summed E-state index contributed by atoms with van der Waals surface area (Å²) in [6.45, 7) is 2.16. The van der Waals surface area contributed by atoms with Gasteiger partial charge in [0.2, 0.25) is 0 Å². The number of hydrogen-bond acceptors (Lipinski definition) is 8. The monoisotopic (exact) mass is 536 g/mol. The Hall–Kier alpha value is -3.22. The van der Waals surface area contributed by atoms with Crippen LogP contribution in [0.4, 0.5) is 8.78 Å². The highest BCUT2D eigenvalue weighted by Gasteiger charge is 2.22. The van der Waals surface area contributed by atoms with Crippen molar-refractivity contribution in [3.05, 3.63) is 74.7 Å². The highest BCUT2D eigenvalue weighted by molar-refractivity contribution is 7.95. The van der Waals surface area contributed by atoms with Crippen molar-refractivity contribution in [3.63, 3.8) is 0 Å². The number of halogens is 2. The molecule has 0 spiro atoms. The number of thiazole rings is 1. The maximum atomic E-state index is 14.1. The topological polar surface area (TPSA) is 107 Å². The van der Waals surface area contributed by atoms with E-state index in [1.54, 1.807) is 22.4 Å². The van der Waals surface area contributed by atoms with E-state index in [0.29, 0.717) is 40.6 Å². The van der Waals surface area contributed by atoms with E-state index in [0.717, 1.165) is 23.8 Å². The lowest BCUT2D eigenvalue weighted by atomic mass is 10.1. The molecule has 2 aromatic carbocycles. The molecule has 36 heavy (non-hydrogen) atoms. The number of ether oxygens (including phenoxy) is 2. The van der Waals surface area contributed by atoms with E-state index in [4.69, 9.17) is 14.6 Å². The average Bonchev–Trinajstić information content (AvgIpc) is 3.34. The maximum Gasteiger partial charge on any atom is 0.281 e. The Morgan fingerprint density at radius 1 is 1.17 bits per heavy atom. The standard InChI is InChI=1S/C24H26F2N4O4S2/c1-14-20(33-2)10-16(11-21(14)34-3)24(32)30(8-4-5-15-9-17(25)6-7-18(15)26)12-22-28-19(13-35-22)23(31)29-36-27/h6-7,9-11,13H,4-5,8,12,27H2,1-3H3,(H,29,31). The van der Waals surface area contributed by atoms with Gasteiger partial charge in [-0.25, -0.2) is 13.8 Å². The maximum absolute atomic E-state index is 14.1. The lowest BCUT2D eigenvalue weighted by Gasteiger charge is -2.23. The molecule has 0 aliphatic carbocycles. The van der Waals surface area contributed by atoms with E-state index in [-0.39, 0.29) is 36.7 Å². The molecule has 0 aliphatic heterocycles. The molecule has 1 aromatic heterocycles. The smallest absolute Gasteiger partial charge is 0.281 e. The van der Waals surface area contributed by atoms with Crippen molar-refractivity contribution in [2.24, 2.45) is 5.14 Å². The van der Waals surface area contributed by atoms with Crippen LogP contribution in [0.3, 0.4) is 0 Å². The first kappa shape index (κ1) is 27.4. The number of benzene rings is 2. The Labute approximate surface area is 216 Å². The zero-order valence-corrected chi connectivity index (χ0v) is 21.6. The fourth-order valence-corrected chi connectivity index (χ4v) is 4.60. The third-order valence-corrected chi connectivity index (χ3v) is 6.57. The number of nitrogens with one attached hydrogen (secondary N) is 1. The summed E-state index contributed by atoms with van der Waals surface area (Å²) in [5.74, 6) is -0.820. The molecule has 192 valence electrons. The van der Waals surface area contributed by atoms with Crippen LogP contribution in [0.2, 0.25) is 0 Å². The second-order valence-corrected chi connectivity index (χ2v) is 9.13. The largest absolute Gasteiger partial charge is 0.496 e. The molecule has 0 fully saturated rings. The van der Waals surface area contributed by atoms with Crippen LogP contribution >= 0.6 is 23.5 Å². The van der Waals surface area contributed by atoms with E-state index in [1.807, 2.05) is 6.92 Å². The van der Waals surface area contributed by atoms with Crippen LogP contribution in [0, 0.1) is 18.6 Å². The molecule has 0 saturated carbocycles. The van der Waals surface area contributed by atoms with Crippen LogP contribution in [-0.4, -0.2) is 42.5 Å². The van der Waals surface area contributed by atoms with Crippen LogP contribution in [0.1, 0.15) is 43.4 Å². The summed E-state index contributed by atoms with van der Waals surface area (Å²) in [5, 5.41) is 7.38. The van der Waals surface area contributed by atoms with Gasteiger partial charge in [-0.15, -0.1) is 11.3 Å². The molecule has 2 amide bonds. The molecule has 0 aliphatic rings. The van der Waals surface area contributed by atoms with Gasteiger partial charge in [-0.1, -0.05) is 0 Å². The Bertz CT molecular complexity index is 1210. The number of hydrogen-bond donors (Lipinski definition) is 2. The van der Waals surface area contributed by atoms with Gasteiger partial charge in [-0.05, 0) is 55.7 Å². The van der Waals surface area contributed by atoms with E-state index in [9.17, 15) is 18.4 Å². The number of amides is 2. The minimum Gasteiger partial charge on any atom is -0.496 e. The number of rotatable bonds is 11. The number of aromatic nitrogens is 1. The number of nitrogens with zero attached hydrogens (tertiary/aromatic N) is 2. The quantitative estimate of drug-likeness (QED) is 0.353. The highest BCUT2D eigenvalue weighted by Crippen LogP contribution is 2.30. The van der Waals surface area contributed by atoms with Gasteiger partial charge in [0.1, 0.15) is 33.8 Å². The summed E-state index contributed by atoms with van der Waals surface area (Å²) in [5.41, 5.74) is 1.49. The van der Waals surface area contributed by atoms with Crippen molar-refractivity contribution >= 4 is 35.3 Å². The Balaban J connectivity index is 1.86. The highest BCUT2D eigenvalue weighted by atomic mass is 32.2. The lowest BCUT2D eigenvalue weighted by molar-refractivity contribution is 0.0740. The predicted octanol–water partition coefficient (Wildman–Crippen LogP) is 4.27. The van der Waals surface area contributed by atoms with Crippen molar-refractivity contribution in [3.8, 4) is 11.5 Å². The van der Waals surface area contributed by atoms with Crippen molar-refractivity contribution in [2.45, 2.75) is 26.3 Å². The fourth-order valence-electron chi connectivity index (χ4n) is 3.60. The first-order valence-corrected chi connectivity index (χ1v) is 12.6. The molecule has 0 saturated heterocycles. The zero-order valence-electron chi connectivity index (χ0n) is 20.0. The van der Waals surface area contributed by atoms with E-state index >= 15 is 0 Å². The Kier molecular flexibility index (Phi) is 9.62. The molecule has 12 heteroatoms. The molecular weight excluding hydrogens is 510 g/mol. The number of carbonyl (C=O) groups is 2. The van der Waals surface area contributed by atoms with E-state index in [2.05, 4.69) is 9.71 Å². The zero-order chi connectivity index (χ0) is 26.2. The summed E-state index contributed by atoms with van der Waals surface area (Å²) >= 11 is 1.89. The molecule has 0 unspecified atom stereocenters. The van der Waals surface area contributed by atoms with Gasteiger partial charge >= 0.3 is 0 Å². The molecule has 8 nitrogen and oxygen atoms in total. The third kappa shape index (κ3) is 6.71. The van der Waals surface area contributed by atoms with Gasteiger partial charge in [-0.3, -0.25) is 19.5 Å². The van der Waals surface area contributed by atoms with Crippen LogP contribution in [0.15, 0.2) is 35.7 Å². The van der Waals surface area contributed by atoms with Crippen LogP contribution in [0.25, 0.3) is 0 Å². The van der Waals surface area contributed by atoms with Crippen LogP contribution in [-0.2, 0) is 13.0 Å². The second-order valence-electron chi connectivity index (χ2n) is 7.75. The SMILES string of the molecule is COc1cc(C(=O)N(CCCc2cc(F)ccc2F)Cc2nc(C(=O)NSN)cs2)cc(OC)c1C. The summed E-state index contributed by atoms with van der Waals surface area (Å²) in [6, 6.07) is 6.54. The molecule has 1 heterocycles. The molecule has 0 radical (unpaired) electrons. The van der Waals surface area contributed by atoms with Crippen LogP contribution < -0.4 is 19.3 Å². The first-order valence-electron chi connectivity index (χ1n) is 10.8. The summed E-state index contributed by atoms with van der Waals surface area (Å²) in [6.07, 6.45) is 0.599. The normalized spacial score (nSPS) is 10.7. The second kappa shape index (κ2) is 12.7. The van der Waals surface area contributed by atoms with E-state index in [1.165, 1.54) is 25.6 Å². The van der Waals surface area contributed by atoms with Gasteiger partial charge in [-0.2, -0.15) is 0 Å². The van der Waals surface area contributed by atoms with Gasteiger partial charge < -0.3 is 14.4 Å². The molecule has 0 bridgehead atoms. The van der Waals surface area contributed by atoms with E-state index < -0.39 is 17.5 Å². The van der Waals surface area contributed by atoms with Crippen molar-refractivity contribution in [1.82, 2.24) is 14.6 Å². The average molecular weight is 537 g/mol. The van der Waals surface area contributed by atoms with Crippen molar-refractivity contribution in [2.75, 3.05) is 20.8 Å². The molecular formula is C24H26F2N4O4S2. The fraction of sp³-hybridized carbons (Fsp3) is 0.292. The van der Waals surface area contributed by atoms with Crippen molar-refractivity contribution in [1.29, 1.82) is 0 Å². The van der Waals surface area contributed by atoms with Crippen LogP contribution in [0.5, 0.6) is 11.5 Å². The van der Waals surface area contributed by atoms with Gasteiger partial charge in [0.05, 0.1) is 20.8 Å². The molecule has 3 N–H and O–H groups in total. The van der Waals surface area contributed by atoms with Gasteiger partial charge in [0.15, 0.2) is 0 Å². The predicted molar refractivity (Wildman–Crippen MR) is 135 cm³/mol. The molecule has 3 rings (SSSR count). The van der Waals surface area contributed by atoms with Gasteiger partial charge in [0.25, 0.3) is 11.8 Å². The minimum atomic E-state index is -0.526. The molecule has 3 aromatic rings. The summed E-state index contributed by atoms with van der Waals surface area (Å²) in [7, 11) is 3.01. The number of methoxy groups -OCH3 is 2. The van der Waals surface area contributed by atoms with Crippen molar-refractivity contribution < 1.29 is 27.8 Å². The number of nitrogens with two attached hydrogens (primary N) is 1. The number of carbonyl (C=O) groups excluding carboxylic acids is 2. The molecule has 0 atom stereocenters. The Morgan fingerprint density at radius 3 is 2.50 bits per heavy atom.